The molecule has 2 heterocycles. The monoisotopic (exact) mass is 469 g/mol. The fourth-order valence-corrected chi connectivity index (χ4v) is 3.76. The van der Waals surface area contributed by atoms with E-state index in [1.165, 1.54) is 29.4 Å². The van der Waals surface area contributed by atoms with Crippen LogP contribution in [-0.4, -0.2) is 68.3 Å². The van der Waals surface area contributed by atoms with Crippen molar-refractivity contribution in [2.75, 3.05) is 19.8 Å². The van der Waals surface area contributed by atoms with Crippen LogP contribution < -0.4 is 0 Å². The number of hydrogen-bond donors (Lipinski definition) is 0. The smallest absolute Gasteiger partial charge is 0.261 e. The van der Waals surface area contributed by atoms with Gasteiger partial charge in [-0.3, -0.25) is 19.3 Å². The van der Waals surface area contributed by atoms with Gasteiger partial charge in [-0.1, -0.05) is 32.0 Å². The summed E-state index contributed by atoms with van der Waals surface area (Å²) in [5.74, 6) is -2.34. The molecule has 0 radical (unpaired) electrons. The van der Waals surface area contributed by atoms with Crippen LogP contribution in [0.1, 0.15) is 51.8 Å². The number of imide groups is 1. The van der Waals surface area contributed by atoms with E-state index in [9.17, 15) is 23.2 Å². The Kier molecular flexibility index (Phi) is 7.83. The normalized spacial score (nSPS) is 13.3. The minimum atomic E-state index is -0.858. The molecule has 1 atom stereocenters. The fraction of sp³-hybridized carbons (Fsp3) is 0.292. The number of benzene rings is 2. The molecule has 1 unspecified atom stereocenters. The Morgan fingerprint density at radius 1 is 1.00 bits per heavy atom. The molecule has 178 valence electrons. The largest absolute Gasteiger partial charge is 0.331 e. The number of alkyl halides is 1. The number of nitrogens with zero attached hydrogens (tertiary/aromatic N) is 5. The molecule has 10 heteroatoms. The maximum Gasteiger partial charge on any atom is 0.261 e. The van der Waals surface area contributed by atoms with Crippen LogP contribution in [0.4, 0.5) is 8.78 Å². The molecule has 3 aromatic rings. The summed E-state index contributed by atoms with van der Waals surface area (Å²) in [5, 5.41) is 7.78. The van der Waals surface area contributed by atoms with Crippen molar-refractivity contribution >= 4 is 17.7 Å². The van der Waals surface area contributed by atoms with Gasteiger partial charge in [0.15, 0.2) is 5.82 Å². The van der Waals surface area contributed by atoms with Crippen LogP contribution in [0.2, 0.25) is 0 Å². The van der Waals surface area contributed by atoms with Crippen LogP contribution in [0.3, 0.4) is 0 Å². The number of carbonyl (C=O) groups is 3. The van der Waals surface area contributed by atoms with E-state index >= 15 is 0 Å². The van der Waals surface area contributed by atoms with Crippen LogP contribution in [0.25, 0.3) is 5.69 Å². The van der Waals surface area contributed by atoms with E-state index in [-0.39, 0.29) is 35.5 Å². The van der Waals surface area contributed by atoms with Gasteiger partial charge < -0.3 is 4.90 Å². The molecule has 34 heavy (non-hydrogen) atoms. The van der Waals surface area contributed by atoms with Gasteiger partial charge in [0.2, 0.25) is 0 Å². The molecular formula is C24H25F2N5O3. The molecule has 0 saturated carbocycles. The van der Waals surface area contributed by atoms with Gasteiger partial charge in [0.25, 0.3) is 17.7 Å². The van der Waals surface area contributed by atoms with Crippen molar-refractivity contribution < 1.29 is 23.2 Å². The molecule has 1 aliphatic heterocycles. The summed E-state index contributed by atoms with van der Waals surface area (Å²) in [6.07, 6.45) is 2.68. The van der Waals surface area contributed by atoms with Gasteiger partial charge in [0.1, 0.15) is 12.4 Å². The number of rotatable bonds is 7. The lowest BCUT2D eigenvalue weighted by atomic mass is 10.1. The molecular weight excluding hydrogens is 444 g/mol. The highest BCUT2D eigenvalue weighted by Crippen LogP contribution is 2.24. The van der Waals surface area contributed by atoms with Crippen LogP contribution in [0.15, 0.2) is 54.9 Å². The number of fused-ring (bicyclic) bond motifs is 1. The van der Waals surface area contributed by atoms with Crippen molar-refractivity contribution in [1.29, 1.82) is 0 Å². The lowest BCUT2D eigenvalue weighted by Crippen LogP contribution is -2.48. The second-order valence-corrected chi connectivity index (χ2v) is 7.26. The number of para-hydroxylation sites is 1. The average molecular weight is 469 g/mol. The van der Waals surface area contributed by atoms with E-state index in [1.807, 2.05) is 13.8 Å². The molecule has 0 fully saturated rings. The third-order valence-corrected chi connectivity index (χ3v) is 5.28. The quantitative estimate of drug-likeness (QED) is 0.494. The average Bonchev–Trinajstić information content (AvgIpc) is 3.47. The molecule has 0 N–H and O–H groups in total. The van der Waals surface area contributed by atoms with Crippen LogP contribution >= 0.6 is 0 Å². The Morgan fingerprint density at radius 3 is 2.15 bits per heavy atom. The standard InChI is InChI=1S/C22H19F2N5O3.C2H6/c1-14(13-28-20(30)15-5-2-3-6-16(15)21(28)31)27(12-9-23)22(32)17-7-4-8-18(24)19(17)29-25-10-11-26-29;1-2/h2-8,10-11,14H,9,12-13H2,1H3;1-2H3. The maximum absolute atomic E-state index is 14.6. The molecule has 1 aliphatic rings. The summed E-state index contributed by atoms with van der Waals surface area (Å²) < 4.78 is 27.9. The predicted octanol–water partition coefficient (Wildman–Crippen LogP) is 3.53. The van der Waals surface area contributed by atoms with Crippen molar-refractivity contribution in [3.8, 4) is 5.69 Å². The number of aromatic nitrogens is 3. The highest BCUT2D eigenvalue weighted by Gasteiger charge is 2.37. The van der Waals surface area contributed by atoms with Crippen molar-refractivity contribution in [2.24, 2.45) is 0 Å². The van der Waals surface area contributed by atoms with E-state index in [0.29, 0.717) is 0 Å². The van der Waals surface area contributed by atoms with Crippen molar-refractivity contribution in [2.45, 2.75) is 26.8 Å². The summed E-state index contributed by atoms with van der Waals surface area (Å²) in [6, 6.07) is 9.61. The number of hydrogen-bond acceptors (Lipinski definition) is 5. The lowest BCUT2D eigenvalue weighted by molar-refractivity contribution is 0.0525. The first kappa shape index (κ1) is 24.7. The second-order valence-electron chi connectivity index (χ2n) is 7.26. The molecule has 4 rings (SSSR count). The first-order valence-corrected chi connectivity index (χ1v) is 10.9. The van der Waals surface area contributed by atoms with Gasteiger partial charge in [0, 0.05) is 19.1 Å². The number of carbonyl (C=O) groups excluding carboxylic acids is 3. The lowest BCUT2D eigenvalue weighted by Gasteiger charge is -2.31. The molecule has 2 aromatic carbocycles. The van der Waals surface area contributed by atoms with Gasteiger partial charge in [-0.15, -0.1) is 4.80 Å². The zero-order chi connectivity index (χ0) is 24.8. The summed E-state index contributed by atoms with van der Waals surface area (Å²) in [5.41, 5.74) is 0.332. The Labute approximate surface area is 195 Å². The molecule has 1 aromatic heterocycles. The molecule has 8 nitrogen and oxygen atoms in total. The summed E-state index contributed by atoms with van der Waals surface area (Å²) in [4.78, 5) is 41.9. The summed E-state index contributed by atoms with van der Waals surface area (Å²) >= 11 is 0. The van der Waals surface area contributed by atoms with Gasteiger partial charge in [-0.05, 0) is 31.2 Å². The maximum atomic E-state index is 14.6. The van der Waals surface area contributed by atoms with Gasteiger partial charge >= 0.3 is 0 Å². The Bertz CT molecular complexity index is 1150. The molecule has 0 bridgehead atoms. The van der Waals surface area contributed by atoms with Gasteiger partial charge in [-0.25, -0.2) is 8.78 Å². The SMILES string of the molecule is CC.CC(CN1C(=O)c2ccccc2C1=O)N(CCF)C(=O)c1cccc(F)c1-n1nccn1. The molecule has 0 aliphatic carbocycles. The second kappa shape index (κ2) is 10.8. The number of halogens is 2. The summed E-state index contributed by atoms with van der Waals surface area (Å²) in [6.45, 7) is 4.31. The highest BCUT2D eigenvalue weighted by molar-refractivity contribution is 6.21. The first-order valence-electron chi connectivity index (χ1n) is 10.9. The van der Waals surface area contributed by atoms with E-state index in [4.69, 9.17) is 0 Å². The zero-order valence-electron chi connectivity index (χ0n) is 19.1. The van der Waals surface area contributed by atoms with Crippen molar-refractivity contribution in [3.05, 3.63) is 77.4 Å². The van der Waals surface area contributed by atoms with Crippen LogP contribution in [0, 0.1) is 5.82 Å². The van der Waals surface area contributed by atoms with E-state index in [2.05, 4.69) is 10.2 Å². The summed E-state index contributed by atoms with van der Waals surface area (Å²) in [7, 11) is 0. The number of amides is 3. The van der Waals surface area contributed by atoms with E-state index in [1.54, 1.807) is 31.2 Å². The third-order valence-electron chi connectivity index (χ3n) is 5.28. The van der Waals surface area contributed by atoms with Crippen molar-refractivity contribution in [3.63, 3.8) is 0 Å². The minimum absolute atomic E-state index is 0.0659. The Morgan fingerprint density at radius 2 is 1.59 bits per heavy atom. The Balaban J connectivity index is 0.00000158. The first-order chi connectivity index (χ1) is 16.4. The minimum Gasteiger partial charge on any atom is -0.331 e. The van der Waals surface area contributed by atoms with Crippen LogP contribution in [0.5, 0.6) is 0 Å². The third kappa shape index (κ3) is 4.57. The topological polar surface area (TPSA) is 88.4 Å². The Hall–Kier alpha value is -3.95. The molecule has 0 saturated heterocycles. The van der Waals surface area contributed by atoms with Crippen LogP contribution in [-0.2, 0) is 0 Å². The van der Waals surface area contributed by atoms with Gasteiger partial charge in [-0.2, -0.15) is 10.2 Å². The highest BCUT2D eigenvalue weighted by atomic mass is 19.1. The van der Waals surface area contributed by atoms with E-state index in [0.717, 1.165) is 15.8 Å². The predicted molar refractivity (Wildman–Crippen MR) is 121 cm³/mol. The van der Waals surface area contributed by atoms with Crippen molar-refractivity contribution in [1.82, 2.24) is 24.8 Å². The molecule has 3 amide bonds. The van der Waals surface area contributed by atoms with E-state index < -0.39 is 36.3 Å². The molecule has 0 spiro atoms. The fourth-order valence-electron chi connectivity index (χ4n) is 3.76. The van der Waals surface area contributed by atoms with Gasteiger partial charge in [0.05, 0.1) is 29.1 Å². The zero-order valence-corrected chi connectivity index (χ0v) is 19.1.